The molecule has 0 saturated heterocycles. The molecule has 3 aromatic rings. The first-order chi connectivity index (χ1) is 9.16. The lowest BCUT2D eigenvalue weighted by atomic mass is 10.1. The van der Waals surface area contributed by atoms with Crippen molar-refractivity contribution in [1.29, 1.82) is 0 Å². The summed E-state index contributed by atoms with van der Waals surface area (Å²) in [7, 11) is 0. The monoisotopic (exact) mass is 334 g/mol. The first kappa shape index (κ1) is 12.7. The van der Waals surface area contributed by atoms with Crippen LogP contribution in [0.2, 0.25) is 0 Å². The molecule has 0 aliphatic heterocycles. The molecule has 0 spiro atoms. The minimum atomic E-state index is -0.101. The number of benzene rings is 1. The number of hydrogen-bond acceptors (Lipinski definition) is 1. The second-order valence-corrected chi connectivity index (χ2v) is 5.97. The first-order valence-electron chi connectivity index (χ1n) is 6.04. The zero-order chi connectivity index (χ0) is 13.4. The first-order valence-corrected chi connectivity index (χ1v) is 7.27. The molecule has 0 aliphatic rings. The maximum atomic E-state index is 6.34. The summed E-state index contributed by atoms with van der Waals surface area (Å²) in [5.74, 6) is 0. The highest BCUT2D eigenvalue weighted by Crippen LogP contribution is 2.32. The number of pyridine rings is 1. The van der Waals surface area contributed by atoms with Gasteiger partial charge in [-0.05, 0) is 31.2 Å². The average molecular weight is 336 g/mol. The van der Waals surface area contributed by atoms with Crippen LogP contribution < -0.4 is 0 Å². The van der Waals surface area contributed by atoms with Gasteiger partial charge in [0.15, 0.2) is 0 Å². The van der Waals surface area contributed by atoms with E-state index < -0.39 is 0 Å². The van der Waals surface area contributed by atoms with E-state index in [4.69, 9.17) is 16.6 Å². The fourth-order valence-corrected chi connectivity index (χ4v) is 2.69. The maximum absolute atomic E-state index is 6.34. The van der Waals surface area contributed by atoms with Gasteiger partial charge in [-0.25, -0.2) is 4.98 Å². The lowest BCUT2D eigenvalue weighted by molar-refractivity contribution is 0.965. The van der Waals surface area contributed by atoms with Crippen molar-refractivity contribution in [2.75, 3.05) is 0 Å². The molecule has 1 aromatic carbocycles. The fourth-order valence-electron chi connectivity index (χ4n) is 2.22. The van der Waals surface area contributed by atoms with Crippen molar-refractivity contribution >= 4 is 33.2 Å². The van der Waals surface area contributed by atoms with Crippen LogP contribution in [0.4, 0.5) is 0 Å². The summed E-state index contributed by atoms with van der Waals surface area (Å²) in [5, 5.41) is -0.101. The SMILES string of the molecule is CC(Cl)c1c(-c2ccc(Br)cc2)nc2ccccn12. The second kappa shape index (κ2) is 4.99. The third-order valence-corrected chi connectivity index (χ3v) is 3.80. The van der Waals surface area contributed by atoms with Gasteiger partial charge in [-0.15, -0.1) is 11.6 Å². The van der Waals surface area contributed by atoms with Crippen LogP contribution in [0.15, 0.2) is 53.1 Å². The standard InChI is InChI=1S/C15H12BrClN2/c1-10(17)15-14(11-5-7-12(16)8-6-11)18-13-4-2-3-9-19(13)15/h2-10H,1H3. The molecular weight excluding hydrogens is 324 g/mol. The molecule has 1 unspecified atom stereocenters. The van der Waals surface area contributed by atoms with Gasteiger partial charge in [-0.3, -0.25) is 0 Å². The topological polar surface area (TPSA) is 17.3 Å². The lowest BCUT2D eigenvalue weighted by Gasteiger charge is -2.07. The third kappa shape index (κ3) is 2.28. The van der Waals surface area contributed by atoms with Crippen LogP contribution in [0.25, 0.3) is 16.9 Å². The van der Waals surface area contributed by atoms with Crippen LogP contribution in [0.1, 0.15) is 18.0 Å². The van der Waals surface area contributed by atoms with Gasteiger partial charge in [-0.2, -0.15) is 0 Å². The molecule has 0 N–H and O–H groups in total. The molecule has 0 bridgehead atoms. The molecule has 2 heterocycles. The Morgan fingerprint density at radius 1 is 1.16 bits per heavy atom. The number of imidazole rings is 1. The van der Waals surface area contributed by atoms with Crippen LogP contribution in [0.5, 0.6) is 0 Å². The smallest absolute Gasteiger partial charge is 0.137 e. The number of alkyl halides is 1. The van der Waals surface area contributed by atoms with E-state index in [1.54, 1.807) is 0 Å². The van der Waals surface area contributed by atoms with Gasteiger partial charge >= 0.3 is 0 Å². The number of rotatable bonds is 2. The van der Waals surface area contributed by atoms with Crippen molar-refractivity contribution in [3.63, 3.8) is 0 Å². The number of nitrogens with zero attached hydrogens (tertiary/aromatic N) is 2. The van der Waals surface area contributed by atoms with E-state index in [0.29, 0.717) is 0 Å². The van der Waals surface area contributed by atoms with Crippen LogP contribution in [-0.2, 0) is 0 Å². The zero-order valence-corrected chi connectivity index (χ0v) is 12.7. The van der Waals surface area contributed by atoms with Crippen molar-refractivity contribution in [3.8, 4) is 11.3 Å². The summed E-state index contributed by atoms with van der Waals surface area (Å²) in [4.78, 5) is 4.70. The summed E-state index contributed by atoms with van der Waals surface area (Å²) in [6, 6.07) is 14.1. The summed E-state index contributed by atoms with van der Waals surface area (Å²) < 4.78 is 3.11. The van der Waals surface area contributed by atoms with Crippen molar-refractivity contribution in [2.24, 2.45) is 0 Å². The largest absolute Gasteiger partial charge is 0.302 e. The molecule has 96 valence electrons. The maximum Gasteiger partial charge on any atom is 0.137 e. The van der Waals surface area contributed by atoms with Gasteiger partial charge in [0, 0.05) is 16.2 Å². The van der Waals surface area contributed by atoms with E-state index in [2.05, 4.69) is 32.5 Å². The fraction of sp³-hybridized carbons (Fsp3) is 0.133. The molecule has 2 aromatic heterocycles. The number of aromatic nitrogens is 2. The van der Waals surface area contributed by atoms with E-state index in [1.807, 2.05) is 43.5 Å². The van der Waals surface area contributed by atoms with Crippen LogP contribution in [-0.4, -0.2) is 9.38 Å². The quantitative estimate of drug-likeness (QED) is 0.598. The van der Waals surface area contributed by atoms with E-state index in [0.717, 1.165) is 27.1 Å². The van der Waals surface area contributed by atoms with Crippen molar-refractivity contribution in [2.45, 2.75) is 12.3 Å². The molecule has 19 heavy (non-hydrogen) atoms. The van der Waals surface area contributed by atoms with E-state index in [9.17, 15) is 0 Å². The Morgan fingerprint density at radius 3 is 2.58 bits per heavy atom. The molecule has 4 heteroatoms. The van der Waals surface area contributed by atoms with Crippen LogP contribution >= 0.6 is 27.5 Å². The molecule has 2 nitrogen and oxygen atoms in total. The molecule has 3 rings (SSSR count). The Morgan fingerprint density at radius 2 is 1.89 bits per heavy atom. The van der Waals surface area contributed by atoms with E-state index in [1.165, 1.54) is 0 Å². The Bertz CT molecular complexity index is 717. The lowest BCUT2D eigenvalue weighted by Crippen LogP contribution is -1.94. The van der Waals surface area contributed by atoms with Crippen molar-refractivity contribution in [3.05, 3.63) is 58.8 Å². The summed E-state index contributed by atoms with van der Waals surface area (Å²) in [5.41, 5.74) is 3.97. The summed E-state index contributed by atoms with van der Waals surface area (Å²) in [6.45, 7) is 1.97. The Kier molecular flexibility index (Phi) is 3.33. The van der Waals surface area contributed by atoms with E-state index in [-0.39, 0.29) is 5.38 Å². The number of fused-ring (bicyclic) bond motifs is 1. The highest BCUT2D eigenvalue weighted by molar-refractivity contribution is 9.10. The van der Waals surface area contributed by atoms with Gasteiger partial charge in [0.25, 0.3) is 0 Å². The summed E-state index contributed by atoms with van der Waals surface area (Å²) >= 11 is 9.79. The van der Waals surface area contributed by atoms with Crippen molar-refractivity contribution < 1.29 is 0 Å². The Hall–Kier alpha value is -1.32. The van der Waals surface area contributed by atoms with Gasteiger partial charge in [-0.1, -0.05) is 34.1 Å². The minimum absolute atomic E-state index is 0.101. The molecule has 0 fully saturated rings. The van der Waals surface area contributed by atoms with Crippen molar-refractivity contribution in [1.82, 2.24) is 9.38 Å². The molecular formula is C15H12BrClN2. The van der Waals surface area contributed by atoms with Crippen LogP contribution in [0.3, 0.4) is 0 Å². The average Bonchev–Trinajstić information content (AvgIpc) is 2.78. The van der Waals surface area contributed by atoms with Crippen LogP contribution in [0, 0.1) is 0 Å². The normalized spacial score (nSPS) is 12.8. The van der Waals surface area contributed by atoms with Gasteiger partial charge < -0.3 is 4.40 Å². The number of hydrogen-bond donors (Lipinski definition) is 0. The van der Waals surface area contributed by atoms with Gasteiger partial charge in [0.1, 0.15) is 5.65 Å². The second-order valence-electron chi connectivity index (χ2n) is 4.40. The predicted molar refractivity (Wildman–Crippen MR) is 82.6 cm³/mol. The predicted octanol–water partition coefficient (Wildman–Crippen LogP) is 5.06. The molecule has 0 saturated carbocycles. The highest BCUT2D eigenvalue weighted by Gasteiger charge is 2.17. The molecule has 0 radical (unpaired) electrons. The number of halogens is 2. The minimum Gasteiger partial charge on any atom is -0.302 e. The molecule has 1 atom stereocenters. The van der Waals surface area contributed by atoms with E-state index >= 15 is 0 Å². The highest BCUT2D eigenvalue weighted by atomic mass is 79.9. The summed E-state index contributed by atoms with van der Waals surface area (Å²) in [6.07, 6.45) is 2.00. The van der Waals surface area contributed by atoms with Gasteiger partial charge in [0.05, 0.1) is 16.8 Å². The Labute approximate surface area is 125 Å². The molecule has 0 amide bonds. The third-order valence-electron chi connectivity index (χ3n) is 3.06. The zero-order valence-electron chi connectivity index (χ0n) is 10.3. The Balaban J connectivity index is 2.28. The van der Waals surface area contributed by atoms with Gasteiger partial charge in [0.2, 0.25) is 0 Å². The molecule has 0 aliphatic carbocycles.